The number of hydrogen-bond donors (Lipinski definition) is 1. The Morgan fingerprint density at radius 3 is 2.56 bits per heavy atom. The number of hydrogen-bond acceptors (Lipinski definition) is 3. The average molecular weight is 219 g/mol. The van der Waals surface area contributed by atoms with Gasteiger partial charge in [0, 0.05) is 18.6 Å². The van der Waals surface area contributed by atoms with E-state index in [9.17, 15) is 0 Å². The highest BCUT2D eigenvalue weighted by Crippen LogP contribution is 2.29. The summed E-state index contributed by atoms with van der Waals surface area (Å²) >= 11 is 0. The number of anilines is 2. The van der Waals surface area contributed by atoms with E-state index in [1.165, 1.54) is 12.8 Å². The van der Waals surface area contributed by atoms with E-state index >= 15 is 0 Å². The Hall–Kier alpha value is -1.25. The third-order valence-corrected chi connectivity index (χ3v) is 2.69. The topological polar surface area (TPSA) is 28.2 Å². The van der Waals surface area contributed by atoms with Crippen LogP contribution in [0.2, 0.25) is 0 Å². The quantitative estimate of drug-likeness (QED) is 0.847. The maximum atomic E-state index is 4.63. The van der Waals surface area contributed by atoms with E-state index in [1.807, 2.05) is 6.07 Å². The summed E-state index contributed by atoms with van der Waals surface area (Å²) in [6.07, 6.45) is 2.60. The summed E-state index contributed by atoms with van der Waals surface area (Å²) in [5, 5.41) is 3.40. The van der Waals surface area contributed by atoms with Crippen LogP contribution in [0.25, 0.3) is 0 Å². The molecule has 1 N–H and O–H groups in total. The summed E-state index contributed by atoms with van der Waals surface area (Å²) in [5.41, 5.74) is 0.0593. The SMILES string of the molecule is CN(c1cccc(NC(C)(C)C)n1)C1CC1. The van der Waals surface area contributed by atoms with Crippen molar-refractivity contribution in [2.75, 3.05) is 17.3 Å². The van der Waals surface area contributed by atoms with Crippen molar-refractivity contribution in [2.45, 2.75) is 45.2 Å². The summed E-state index contributed by atoms with van der Waals surface area (Å²) in [6.45, 7) is 6.43. The first kappa shape index (κ1) is 11.2. The molecule has 0 spiro atoms. The molecule has 0 atom stereocenters. The van der Waals surface area contributed by atoms with E-state index in [0.717, 1.165) is 11.6 Å². The molecule has 1 heterocycles. The second-order valence-electron chi connectivity index (χ2n) is 5.60. The van der Waals surface area contributed by atoms with Crippen molar-refractivity contribution in [1.29, 1.82) is 0 Å². The molecule has 0 saturated heterocycles. The molecular formula is C13H21N3. The zero-order valence-corrected chi connectivity index (χ0v) is 10.6. The van der Waals surface area contributed by atoms with E-state index < -0.39 is 0 Å². The summed E-state index contributed by atoms with van der Waals surface area (Å²) in [5.74, 6) is 2.02. The van der Waals surface area contributed by atoms with Crippen molar-refractivity contribution in [3.05, 3.63) is 18.2 Å². The molecule has 1 saturated carbocycles. The molecule has 1 aromatic heterocycles. The Morgan fingerprint density at radius 2 is 2.00 bits per heavy atom. The van der Waals surface area contributed by atoms with Crippen LogP contribution in [-0.4, -0.2) is 23.6 Å². The number of nitrogens with one attached hydrogen (secondary N) is 1. The fourth-order valence-corrected chi connectivity index (χ4v) is 1.72. The molecule has 3 nitrogen and oxygen atoms in total. The van der Waals surface area contributed by atoms with Gasteiger partial charge in [0.2, 0.25) is 0 Å². The van der Waals surface area contributed by atoms with Gasteiger partial charge in [-0.15, -0.1) is 0 Å². The van der Waals surface area contributed by atoms with E-state index in [0.29, 0.717) is 6.04 Å². The normalized spacial score (nSPS) is 16.0. The molecule has 0 aliphatic heterocycles. The summed E-state index contributed by atoms with van der Waals surface area (Å²) in [7, 11) is 2.13. The predicted octanol–water partition coefficient (Wildman–Crippen LogP) is 2.89. The lowest BCUT2D eigenvalue weighted by Crippen LogP contribution is -2.27. The third kappa shape index (κ3) is 2.87. The van der Waals surface area contributed by atoms with Crippen LogP contribution in [0.4, 0.5) is 11.6 Å². The van der Waals surface area contributed by atoms with Crippen LogP contribution in [0.3, 0.4) is 0 Å². The smallest absolute Gasteiger partial charge is 0.130 e. The Labute approximate surface area is 97.9 Å². The van der Waals surface area contributed by atoms with Gasteiger partial charge in [-0.05, 0) is 45.7 Å². The first-order chi connectivity index (χ1) is 7.46. The van der Waals surface area contributed by atoms with Gasteiger partial charge >= 0.3 is 0 Å². The Morgan fingerprint density at radius 1 is 1.31 bits per heavy atom. The molecule has 16 heavy (non-hydrogen) atoms. The summed E-state index contributed by atoms with van der Waals surface area (Å²) in [4.78, 5) is 6.91. The van der Waals surface area contributed by atoms with Gasteiger partial charge in [-0.1, -0.05) is 6.07 Å². The van der Waals surface area contributed by atoms with Crippen LogP contribution < -0.4 is 10.2 Å². The first-order valence-electron chi connectivity index (χ1n) is 5.94. The molecular weight excluding hydrogens is 198 g/mol. The molecule has 0 amide bonds. The van der Waals surface area contributed by atoms with Crippen LogP contribution >= 0.6 is 0 Å². The minimum atomic E-state index is 0.0593. The van der Waals surface area contributed by atoms with Gasteiger partial charge in [0.25, 0.3) is 0 Å². The fourth-order valence-electron chi connectivity index (χ4n) is 1.72. The monoisotopic (exact) mass is 219 g/mol. The van der Waals surface area contributed by atoms with Crippen molar-refractivity contribution < 1.29 is 0 Å². The number of nitrogens with zero attached hydrogens (tertiary/aromatic N) is 2. The van der Waals surface area contributed by atoms with Crippen molar-refractivity contribution in [1.82, 2.24) is 4.98 Å². The molecule has 88 valence electrons. The zero-order chi connectivity index (χ0) is 11.8. The second-order valence-corrected chi connectivity index (χ2v) is 5.60. The molecule has 0 bridgehead atoms. The molecule has 1 aromatic rings. The highest BCUT2D eigenvalue weighted by atomic mass is 15.2. The molecule has 0 unspecified atom stereocenters. The maximum absolute atomic E-state index is 4.63. The zero-order valence-electron chi connectivity index (χ0n) is 10.6. The van der Waals surface area contributed by atoms with Crippen LogP contribution in [0.1, 0.15) is 33.6 Å². The fraction of sp³-hybridized carbons (Fsp3) is 0.615. The number of rotatable bonds is 3. The van der Waals surface area contributed by atoms with Gasteiger partial charge < -0.3 is 10.2 Å². The maximum Gasteiger partial charge on any atom is 0.130 e. The Balaban J connectivity index is 2.12. The largest absolute Gasteiger partial charge is 0.365 e. The highest BCUT2D eigenvalue weighted by Gasteiger charge is 2.27. The lowest BCUT2D eigenvalue weighted by Gasteiger charge is -2.23. The van der Waals surface area contributed by atoms with Crippen LogP contribution in [0, 0.1) is 0 Å². The standard InChI is InChI=1S/C13H21N3/c1-13(2,3)15-11-6-5-7-12(14-11)16(4)10-8-9-10/h5-7,10H,8-9H2,1-4H3,(H,14,15). The molecule has 0 radical (unpaired) electrons. The molecule has 0 aromatic carbocycles. The van der Waals surface area contributed by atoms with Crippen LogP contribution in [-0.2, 0) is 0 Å². The molecule has 1 aliphatic rings. The molecule has 1 aliphatic carbocycles. The minimum Gasteiger partial charge on any atom is -0.365 e. The second kappa shape index (κ2) is 3.96. The van der Waals surface area contributed by atoms with Gasteiger partial charge in [-0.25, -0.2) is 4.98 Å². The summed E-state index contributed by atoms with van der Waals surface area (Å²) < 4.78 is 0. The summed E-state index contributed by atoms with van der Waals surface area (Å²) in [6, 6.07) is 6.87. The van der Waals surface area contributed by atoms with E-state index in [4.69, 9.17) is 0 Å². The van der Waals surface area contributed by atoms with Crippen molar-refractivity contribution >= 4 is 11.6 Å². The highest BCUT2D eigenvalue weighted by molar-refractivity contribution is 5.48. The van der Waals surface area contributed by atoms with Gasteiger partial charge in [-0.2, -0.15) is 0 Å². The molecule has 3 heteroatoms. The minimum absolute atomic E-state index is 0.0593. The van der Waals surface area contributed by atoms with E-state index in [-0.39, 0.29) is 5.54 Å². The van der Waals surface area contributed by atoms with Crippen molar-refractivity contribution in [3.8, 4) is 0 Å². The van der Waals surface area contributed by atoms with E-state index in [1.54, 1.807) is 0 Å². The van der Waals surface area contributed by atoms with Crippen molar-refractivity contribution in [2.24, 2.45) is 0 Å². The van der Waals surface area contributed by atoms with E-state index in [2.05, 4.69) is 55.2 Å². The number of aromatic nitrogens is 1. The van der Waals surface area contributed by atoms with Crippen LogP contribution in [0.5, 0.6) is 0 Å². The lowest BCUT2D eigenvalue weighted by atomic mass is 10.1. The van der Waals surface area contributed by atoms with Gasteiger partial charge in [0.05, 0.1) is 0 Å². The van der Waals surface area contributed by atoms with Gasteiger partial charge in [0.1, 0.15) is 11.6 Å². The lowest BCUT2D eigenvalue weighted by molar-refractivity contribution is 0.630. The first-order valence-corrected chi connectivity index (χ1v) is 5.94. The Kier molecular flexibility index (Phi) is 2.78. The third-order valence-electron chi connectivity index (χ3n) is 2.69. The number of pyridine rings is 1. The predicted molar refractivity (Wildman–Crippen MR) is 69.0 cm³/mol. The average Bonchev–Trinajstić information content (AvgIpc) is 2.97. The van der Waals surface area contributed by atoms with Crippen LogP contribution in [0.15, 0.2) is 18.2 Å². The molecule has 1 fully saturated rings. The van der Waals surface area contributed by atoms with Gasteiger partial charge in [0.15, 0.2) is 0 Å². The Bertz CT molecular complexity index is 364. The molecule has 2 rings (SSSR count). The van der Waals surface area contributed by atoms with Crippen molar-refractivity contribution in [3.63, 3.8) is 0 Å². The van der Waals surface area contributed by atoms with Gasteiger partial charge in [-0.3, -0.25) is 0 Å².